The van der Waals surface area contributed by atoms with Crippen LogP contribution in [0.25, 0.3) is 11.3 Å². The highest BCUT2D eigenvalue weighted by Gasteiger charge is 2.20. The standard InChI is InChI=1S/C18H23N5O3/c19-17-18(25)23(13-2-1-5-20-9-13)10-15(21-17)14-8-12(3-4-16(14)24)22-6-7-26-11-22/h3-4,8,10,13,20,24H,1-2,5-7,9,11H2,(H2,19,21). The van der Waals surface area contributed by atoms with Crippen molar-refractivity contribution >= 4 is 11.5 Å². The molecule has 1 aromatic heterocycles. The van der Waals surface area contributed by atoms with E-state index in [1.165, 1.54) is 0 Å². The number of anilines is 2. The van der Waals surface area contributed by atoms with Crippen molar-refractivity contribution in [2.45, 2.75) is 18.9 Å². The van der Waals surface area contributed by atoms with Crippen LogP contribution in [0.3, 0.4) is 0 Å². The van der Waals surface area contributed by atoms with E-state index in [9.17, 15) is 9.90 Å². The summed E-state index contributed by atoms with van der Waals surface area (Å²) in [7, 11) is 0. The van der Waals surface area contributed by atoms with Gasteiger partial charge in [0.2, 0.25) is 0 Å². The van der Waals surface area contributed by atoms with Gasteiger partial charge < -0.3 is 30.4 Å². The van der Waals surface area contributed by atoms with Crippen LogP contribution in [-0.2, 0) is 4.74 Å². The van der Waals surface area contributed by atoms with E-state index in [4.69, 9.17) is 10.5 Å². The molecule has 2 aliphatic heterocycles. The van der Waals surface area contributed by atoms with Crippen LogP contribution in [0.4, 0.5) is 11.5 Å². The van der Waals surface area contributed by atoms with Gasteiger partial charge in [-0.15, -0.1) is 0 Å². The van der Waals surface area contributed by atoms with Crippen LogP contribution in [0.2, 0.25) is 0 Å². The molecule has 0 aliphatic carbocycles. The normalized spacial score (nSPS) is 20.5. The molecule has 0 spiro atoms. The molecule has 138 valence electrons. The first-order chi connectivity index (χ1) is 12.6. The van der Waals surface area contributed by atoms with Crippen molar-refractivity contribution in [3.8, 4) is 17.0 Å². The Balaban J connectivity index is 1.76. The fourth-order valence-corrected chi connectivity index (χ4v) is 3.54. The van der Waals surface area contributed by atoms with Crippen molar-refractivity contribution in [2.75, 3.05) is 43.6 Å². The number of phenols is 1. The third-order valence-electron chi connectivity index (χ3n) is 4.99. The van der Waals surface area contributed by atoms with E-state index in [1.54, 1.807) is 16.8 Å². The SMILES string of the molecule is Nc1nc(-c2cc(N3CCOC3)ccc2O)cn(C2CCCNC2)c1=O. The highest BCUT2D eigenvalue weighted by molar-refractivity contribution is 5.72. The summed E-state index contributed by atoms with van der Waals surface area (Å²) in [5.41, 5.74) is 7.60. The predicted molar refractivity (Wildman–Crippen MR) is 99.3 cm³/mol. The lowest BCUT2D eigenvalue weighted by Gasteiger charge is -2.25. The Labute approximate surface area is 151 Å². The lowest BCUT2D eigenvalue weighted by Crippen LogP contribution is -2.37. The van der Waals surface area contributed by atoms with Gasteiger partial charge in [0.05, 0.1) is 12.3 Å². The summed E-state index contributed by atoms with van der Waals surface area (Å²) in [6.45, 7) is 3.68. The van der Waals surface area contributed by atoms with E-state index < -0.39 is 0 Å². The average molecular weight is 357 g/mol. The van der Waals surface area contributed by atoms with Crippen molar-refractivity contribution in [1.29, 1.82) is 0 Å². The lowest BCUT2D eigenvalue weighted by molar-refractivity contribution is 0.201. The summed E-state index contributed by atoms with van der Waals surface area (Å²) in [5.74, 6) is 0.0510. The fourth-order valence-electron chi connectivity index (χ4n) is 3.54. The number of phenolic OH excluding ortho intramolecular Hbond substituents is 1. The molecule has 26 heavy (non-hydrogen) atoms. The van der Waals surface area contributed by atoms with Gasteiger partial charge in [0.1, 0.15) is 12.5 Å². The van der Waals surface area contributed by atoms with E-state index in [0.29, 0.717) is 24.6 Å². The van der Waals surface area contributed by atoms with Crippen molar-refractivity contribution < 1.29 is 9.84 Å². The first-order valence-corrected chi connectivity index (χ1v) is 8.89. The number of nitrogen functional groups attached to an aromatic ring is 1. The Morgan fingerprint density at radius 2 is 2.27 bits per heavy atom. The molecule has 3 heterocycles. The Kier molecular flexibility index (Phi) is 4.52. The van der Waals surface area contributed by atoms with Crippen LogP contribution >= 0.6 is 0 Å². The van der Waals surface area contributed by atoms with Crippen LogP contribution < -0.4 is 21.5 Å². The van der Waals surface area contributed by atoms with E-state index >= 15 is 0 Å². The molecule has 2 fully saturated rings. The fraction of sp³-hybridized carbons (Fsp3) is 0.444. The number of benzene rings is 1. The summed E-state index contributed by atoms with van der Waals surface area (Å²) < 4.78 is 7.04. The molecule has 1 unspecified atom stereocenters. The zero-order valence-corrected chi connectivity index (χ0v) is 14.5. The first kappa shape index (κ1) is 16.9. The molecule has 4 N–H and O–H groups in total. The highest BCUT2D eigenvalue weighted by atomic mass is 16.5. The number of nitrogens with one attached hydrogen (secondary N) is 1. The molecule has 1 atom stereocenters. The minimum absolute atomic E-state index is 0.0395. The molecule has 0 radical (unpaired) electrons. The third kappa shape index (κ3) is 3.13. The van der Waals surface area contributed by atoms with Gasteiger partial charge in [0.25, 0.3) is 5.56 Å². The average Bonchev–Trinajstić information content (AvgIpc) is 3.20. The molecule has 2 saturated heterocycles. The quantitative estimate of drug-likeness (QED) is 0.750. The number of aromatic nitrogens is 2. The maximum absolute atomic E-state index is 12.5. The van der Waals surface area contributed by atoms with Crippen molar-refractivity contribution in [2.24, 2.45) is 0 Å². The summed E-state index contributed by atoms with van der Waals surface area (Å²) in [4.78, 5) is 18.8. The Morgan fingerprint density at radius 3 is 3.00 bits per heavy atom. The Bertz CT molecular complexity index is 854. The maximum Gasteiger partial charge on any atom is 0.293 e. The molecule has 0 bridgehead atoms. The lowest BCUT2D eigenvalue weighted by atomic mass is 10.1. The first-order valence-electron chi connectivity index (χ1n) is 8.89. The largest absolute Gasteiger partial charge is 0.507 e. The second-order valence-electron chi connectivity index (χ2n) is 6.73. The molecule has 8 nitrogen and oxygen atoms in total. The van der Waals surface area contributed by atoms with Crippen LogP contribution in [0.1, 0.15) is 18.9 Å². The van der Waals surface area contributed by atoms with E-state index in [1.807, 2.05) is 12.1 Å². The molecule has 0 saturated carbocycles. The molecular weight excluding hydrogens is 334 g/mol. The number of nitrogens with two attached hydrogens (primary N) is 1. The molecule has 1 aromatic carbocycles. The predicted octanol–water partition coefficient (Wildman–Crippen LogP) is 0.917. The van der Waals surface area contributed by atoms with Gasteiger partial charge in [-0.25, -0.2) is 4.98 Å². The van der Waals surface area contributed by atoms with Crippen LogP contribution in [0, 0.1) is 0 Å². The monoisotopic (exact) mass is 357 g/mol. The van der Waals surface area contributed by atoms with Gasteiger partial charge >= 0.3 is 0 Å². The second-order valence-corrected chi connectivity index (χ2v) is 6.73. The Hall–Kier alpha value is -2.58. The van der Waals surface area contributed by atoms with Crippen LogP contribution in [0.5, 0.6) is 5.75 Å². The summed E-state index contributed by atoms with van der Waals surface area (Å²) >= 11 is 0. The maximum atomic E-state index is 12.5. The van der Waals surface area contributed by atoms with E-state index in [0.717, 1.165) is 38.2 Å². The molecular formula is C18H23N5O3. The minimum Gasteiger partial charge on any atom is -0.507 e. The van der Waals surface area contributed by atoms with Gasteiger partial charge in [-0.2, -0.15) is 0 Å². The number of piperidine rings is 1. The van der Waals surface area contributed by atoms with Crippen LogP contribution in [0.15, 0.2) is 29.2 Å². The van der Waals surface area contributed by atoms with Gasteiger partial charge in [-0.05, 0) is 37.6 Å². The molecule has 2 aromatic rings. The third-order valence-corrected chi connectivity index (χ3v) is 4.99. The number of hydrogen-bond acceptors (Lipinski definition) is 7. The minimum atomic E-state index is -0.286. The topological polar surface area (TPSA) is 106 Å². The Morgan fingerprint density at radius 1 is 1.38 bits per heavy atom. The summed E-state index contributed by atoms with van der Waals surface area (Å²) in [6.07, 6.45) is 3.62. The van der Waals surface area contributed by atoms with Crippen molar-refractivity contribution in [3.05, 3.63) is 34.7 Å². The molecule has 4 rings (SSSR count). The van der Waals surface area contributed by atoms with Gasteiger partial charge in [0, 0.05) is 36.6 Å². The number of aromatic hydroxyl groups is 1. The number of nitrogens with zero attached hydrogens (tertiary/aromatic N) is 3. The van der Waals surface area contributed by atoms with Gasteiger partial charge in [0.15, 0.2) is 5.82 Å². The summed E-state index contributed by atoms with van der Waals surface area (Å²) in [5, 5.41) is 13.7. The van der Waals surface area contributed by atoms with E-state index in [2.05, 4.69) is 15.2 Å². The zero-order chi connectivity index (χ0) is 18.1. The van der Waals surface area contributed by atoms with Gasteiger partial charge in [-0.1, -0.05) is 0 Å². The van der Waals surface area contributed by atoms with Crippen molar-refractivity contribution in [1.82, 2.24) is 14.9 Å². The number of rotatable bonds is 3. The molecule has 0 amide bonds. The highest BCUT2D eigenvalue weighted by Crippen LogP contribution is 2.33. The van der Waals surface area contributed by atoms with Crippen molar-refractivity contribution in [3.63, 3.8) is 0 Å². The number of hydrogen-bond donors (Lipinski definition) is 3. The zero-order valence-electron chi connectivity index (χ0n) is 14.5. The second kappa shape index (κ2) is 6.97. The van der Waals surface area contributed by atoms with Gasteiger partial charge in [-0.3, -0.25) is 4.79 Å². The van der Waals surface area contributed by atoms with Crippen LogP contribution in [-0.4, -0.2) is 47.6 Å². The number of ether oxygens (including phenoxy) is 1. The van der Waals surface area contributed by atoms with E-state index in [-0.39, 0.29) is 23.2 Å². The molecule has 2 aliphatic rings. The summed E-state index contributed by atoms with van der Waals surface area (Å²) in [6, 6.07) is 5.38. The molecule has 8 heteroatoms. The smallest absolute Gasteiger partial charge is 0.293 e.